The van der Waals surface area contributed by atoms with Crippen LogP contribution in [0, 0.1) is 0 Å². The highest BCUT2D eigenvalue weighted by Crippen LogP contribution is 2.19. The SMILES string of the molecule is C=CCN[C@H](C(=O)Nc1cccc(OC)c1)c1ccccc1. The molecule has 2 N–H and O–H groups in total. The van der Waals surface area contributed by atoms with Gasteiger partial charge in [0.05, 0.1) is 7.11 Å². The van der Waals surface area contributed by atoms with Gasteiger partial charge in [-0.15, -0.1) is 6.58 Å². The molecule has 0 radical (unpaired) electrons. The summed E-state index contributed by atoms with van der Waals surface area (Å²) < 4.78 is 5.17. The van der Waals surface area contributed by atoms with Crippen LogP contribution in [0.4, 0.5) is 5.69 Å². The molecule has 1 atom stereocenters. The van der Waals surface area contributed by atoms with Crippen LogP contribution in [-0.2, 0) is 4.79 Å². The number of ether oxygens (including phenoxy) is 1. The van der Waals surface area contributed by atoms with Gasteiger partial charge < -0.3 is 10.1 Å². The lowest BCUT2D eigenvalue weighted by Gasteiger charge is -2.18. The third kappa shape index (κ3) is 4.20. The molecule has 0 aliphatic carbocycles. The number of nitrogens with one attached hydrogen (secondary N) is 2. The molecular formula is C18H20N2O2. The summed E-state index contributed by atoms with van der Waals surface area (Å²) in [6.07, 6.45) is 1.73. The van der Waals surface area contributed by atoms with Crippen molar-refractivity contribution in [3.8, 4) is 5.75 Å². The molecule has 2 rings (SSSR count). The van der Waals surface area contributed by atoms with Crippen LogP contribution in [0.15, 0.2) is 67.3 Å². The fourth-order valence-corrected chi connectivity index (χ4v) is 2.12. The third-order valence-corrected chi connectivity index (χ3v) is 3.20. The zero-order valence-corrected chi connectivity index (χ0v) is 12.6. The number of carbonyl (C=O) groups excluding carboxylic acids is 1. The van der Waals surface area contributed by atoms with Crippen molar-refractivity contribution in [1.29, 1.82) is 0 Å². The maximum Gasteiger partial charge on any atom is 0.246 e. The Labute approximate surface area is 130 Å². The van der Waals surface area contributed by atoms with E-state index in [1.165, 1.54) is 0 Å². The van der Waals surface area contributed by atoms with Crippen LogP contribution < -0.4 is 15.4 Å². The number of carbonyl (C=O) groups is 1. The van der Waals surface area contributed by atoms with Crippen molar-refractivity contribution in [3.63, 3.8) is 0 Å². The minimum Gasteiger partial charge on any atom is -0.497 e. The van der Waals surface area contributed by atoms with E-state index in [0.29, 0.717) is 18.0 Å². The fourth-order valence-electron chi connectivity index (χ4n) is 2.12. The predicted octanol–water partition coefficient (Wildman–Crippen LogP) is 3.15. The zero-order valence-electron chi connectivity index (χ0n) is 12.6. The van der Waals surface area contributed by atoms with E-state index in [1.807, 2.05) is 48.5 Å². The van der Waals surface area contributed by atoms with E-state index in [1.54, 1.807) is 19.3 Å². The van der Waals surface area contributed by atoms with Crippen LogP contribution in [0.3, 0.4) is 0 Å². The number of methoxy groups -OCH3 is 1. The first-order valence-electron chi connectivity index (χ1n) is 7.08. The molecule has 0 aromatic heterocycles. The monoisotopic (exact) mass is 296 g/mol. The fraction of sp³-hybridized carbons (Fsp3) is 0.167. The van der Waals surface area contributed by atoms with Crippen LogP contribution in [0.2, 0.25) is 0 Å². The van der Waals surface area contributed by atoms with E-state index < -0.39 is 6.04 Å². The summed E-state index contributed by atoms with van der Waals surface area (Å²) in [7, 11) is 1.60. The lowest BCUT2D eigenvalue weighted by atomic mass is 10.1. The minimum atomic E-state index is -0.439. The number of rotatable bonds is 7. The summed E-state index contributed by atoms with van der Waals surface area (Å²) in [4.78, 5) is 12.6. The van der Waals surface area contributed by atoms with Crippen molar-refractivity contribution in [2.24, 2.45) is 0 Å². The van der Waals surface area contributed by atoms with Gasteiger partial charge in [0.1, 0.15) is 11.8 Å². The quantitative estimate of drug-likeness (QED) is 0.772. The van der Waals surface area contributed by atoms with E-state index in [9.17, 15) is 4.79 Å². The average molecular weight is 296 g/mol. The predicted molar refractivity (Wildman–Crippen MR) is 89.0 cm³/mol. The van der Waals surface area contributed by atoms with E-state index in [0.717, 1.165) is 5.56 Å². The highest BCUT2D eigenvalue weighted by atomic mass is 16.5. The summed E-state index contributed by atoms with van der Waals surface area (Å²) in [5.41, 5.74) is 1.61. The molecule has 0 saturated heterocycles. The first kappa shape index (κ1) is 15.8. The largest absolute Gasteiger partial charge is 0.497 e. The molecule has 2 aromatic rings. The Morgan fingerprint density at radius 2 is 2.00 bits per heavy atom. The highest BCUT2D eigenvalue weighted by molar-refractivity contribution is 5.95. The van der Waals surface area contributed by atoms with Gasteiger partial charge in [-0.2, -0.15) is 0 Å². The van der Waals surface area contributed by atoms with Crippen LogP contribution >= 0.6 is 0 Å². The summed E-state index contributed by atoms with van der Waals surface area (Å²) in [5, 5.41) is 6.08. The molecule has 22 heavy (non-hydrogen) atoms. The number of hydrogen-bond acceptors (Lipinski definition) is 3. The molecule has 1 amide bonds. The number of benzene rings is 2. The van der Waals surface area contributed by atoms with Crippen LogP contribution in [0.1, 0.15) is 11.6 Å². The molecule has 0 saturated carbocycles. The second-order valence-corrected chi connectivity index (χ2v) is 4.76. The highest BCUT2D eigenvalue weighted by Gasteiger charge is 2.19. The van der Waals surface area contributed by atoms with Crippen molar-refractivity contribution in [1.82, 2.24) is 5.32 Å². The van der Waals surface area contributed by atoms with Crippen LogP contribution in [0.5, 0.6) is 5.75 Å². The molecule has 0 aliphatic heterocycles. The zero-order chi connectivity index (χ0) is 15.8. The lowest BCUT2D eigenvalue weighted by molar-refractivity contribution is -0.118. The van der Waals surface area contributed by atoms with Gasteiger partial charge in [0, 0.05) is 18.3 Å². The minimum absolute atomic E-state index is 0.124. The Kier molecular flexibility index (Phi) is 5.74. The van der Waals surface area contributed by atoms with Gasteiger partial charge in [-0.3, -0.25) is 10.1 Å². The Balaban J connectivity index is 2.16. The number of hydrogen-bond donors (Lipinski definition) is 2. The van der Waals surface area contributed by atoms with Crippen molar-refractivity contribution < 1.29 is 9.53 Å². The summed E-state index contributed by atoms with van der Waals surface area (Å²) >= 11 is 0. The topological polar surface area (TPSA) is 50.4 Å². The maximum atomic E-state index is 12.6. The standard InChI is InChI=1S/C18H20N2O2/c1-3-12-19-17(14-8-5-4-6-9-14)18(21)20-15-10-7-11-16(13-15)22-2/h3-11,13,17,19H,1,12H2,2H3,(H,20,21)/t17-/m0/s1. The number of amides is 1. The molecule has 0 spiro atoms. The van der Waals surface area contributed by atoms with Gasteiger partial charge in [0.2, 0.25) is 5.91 Å². The Morgan fingerprint density at radius 1 is 1.23 bits per heavy atom. The lowest BCUT2D eigenvalue weighted by Crippen LogP contribution is -2.33. The molecule has 4 nitrogen and oxygen atoms in total. The van der Waals surface area contributed by atoms with Crippen molar-refractivity contribution in [3.05, 3.63) is 72.8 Å². The van der Waals surface area contributed by atoms with Crippen molar-refractivity contribution in [2.45, 2.75) is 6.04 Å². The van der Waals surface area contributed by atoms with E-state index in [-0.39, 0.29) is 5.91 Å². The van der Waals surface area contributed by atoms with E-state index in [4.69, 9.17) is 4.74 Å². The molecule has 0 unspecified atom stereocenters. The van der Waals surface area contributed by atoms with Gasteiger partial charge >= 0.3 is 0 Å². The first-order valence-corrected chi connectivity index (χ1v) is 7.08. The average Bonchev–Trinajstić information content (AvgIpc) is 2.56. The van der Waals surface area contributed by atoms with Gasteiger partial charge in [0.15, 0.2) is 0 Å². The second kappa shape index (κ2) is 8.00. The Morgan fingerprint density at radius 3 is 2.68 bits per heavy atom. The van der Waals surface area contributed by atoms with Crippen LogP contribution in [-0.4, -0.2) is 19.6 Å². The third-order valence-electron chi connectivity index (χ3n) is 3.20. The molecule has 0 heterocycles. The van der Waals surface area contributed by atoms with Crippen molar-refractivity contribution in [2.75, 3.05) is 19.0 Å². The normalized spacial score (nSPS) is 11.5. The summed E-state index contributed by atoms with van der Waals surface area (Å²) in [5.74, 6) is 0.578. The smallest absolute Gasteiger partial charge is 0.246 e. The molecule has 0 aliphatic rings. The first-order chi connectivity index (χ1) is 10.7. The van der Waals surface area contributed by atoms with Gasteiger partial charge in [-0.1, -0.05) is 42.5 Å². The molecular weight excluding hydrogens is 276 g/mol. The van der Waals surface area contributed by atoms with Gasteiger partial charge in [0.25, 0.3) is 0 Å². The molecule has 4 heteroatoms. The second-order valence-electron chi connectivity index (χ2n) is 4.76. The van der Waals surface area contributed by atoms with Crippen LogP contribution in [0.25, 0.3) is 0 Å². The maximum absolute atomic E-state index is 12.6. The van der Waals surface area contributed by atoms with Crippen molar-refractivity contribution >= 4 is 11.6 Å². The van der Waals surface area contributed by atoms with Gasteiger partial charge in [-0.05, 0) is 17.7 Å². The molecule has 114 valence electrons. The van der Waals surface area contributed by atoms with Gasteiger partial charge in [-0.25, -0.2) is 0 Å². The molecule has 0 bridgehead atoms. The Hall–Kier alpha value is -2.59. The van der Waals surface area contributed by atoms with E-state index in [2.05, 4.69) is 17.2 Å². The summed E-state index contributed by atoms with van der Waals surface area (Å²) in [6.45, 7) is 4.23. The Bertz CT molecular complexity index is 626. The molecule has 2 aromatic carbocycles. The summed E-state index contributed by atoms with van der Waals surface area (Å²) in [6, 6.07) is 16.4. The number of anilines is 1. The molecule has 0 fully saturated rings. The van der Waals surface area contributed by atoms with E-state index >= 15 is 0 Å².